The quantitative estimate of drug-likeness (QED) is 0.616. The topological polar surface area (TPSA) is 97.3 Å². The van der Waals surface area contributed by atoms with Gasteiger partial charge in [-0.3, -0.25) is 4.68 Å². The number of hydrogen-bond acceptors (Lipinski definition) is 5. The Morgan fingerprint density at radius 1 is 1.24 bits per heavy atom. The molecular formula is C25H31N5O3. The number of aryl methyl sites for hydroxylation is 2. The fraction of sp³-hybridized carbons (Fsp3) is 0.520. The van der Waals surface area contributed by atoms with Crippen molar-refractivity contribution in [2.45, 2.75) is 58.8 Å². The Morgan fingerprint density at radius 2 is 2.00 bits per heavy atom. The van der Waals surface area contributed by atoms with Crippen LogP contribution < -0.4 is 0 Å². The first kappa shape index (κ1) is 21.7. The lowest BCUT2D eigenvalue weighted by Crippen LogP contribution is -2.36. The zero-order valence-electron chi connectivity index (χ0n) is 19.8. The third kappa shape index (κ3) is 4.03. The third-order valence-corrected chi connectivity index (χ3v) is 7.33. The van der Waals surface area contributed by atoms with Crippen molar-refractivity contribution in [3.05, 3.63) is 40.6 Å². The molecule has 8 heteroatoms. The fourth-order valence-corrected chi connectivity index (χ4v) is 5.29. The summed E-state index contributed by atoms with van der Waals surface area (Å²) in [6, 6.07) is 6.35. The Balaban J connectivity index is 1.37. The average Bonchev–Trinajstić information content (AvgIpc) is 3.38. The van der Waals surface area contributed by atoms with E-state index in [1.54, 1.807) is 0 Å². The predicted octanol–water partition coefficient (Wildman–Crippen LogP) is 4.82. The minimum absolute atomic E-state index is 0.279. The first-order valence-electron chi connectivity index (χ1n) is 11.7. The first-order valence-corrected chi connectivity index (χ1v) is 11.7. The molecule has 3 aromatic rings. The fourth-order valence-electron chi connectivity index (χ4n) is 5.29. The molecule has 2 aliphatic rings. The van der Waals surface area contributed by atoms with Gasteiger partial charge in [0.05, 0.1) is 0 Å². The Bertz CT molecular complexity index is 1200. The number of carbonyl (C=O) groups is 1. The number of nitrogens with zero attached hydrogens (tertiary/aromatic N) is 5. The summed E-state index contributed by atoms with van der Waals surface area (Å²) < 4.78 is 7.64. The smallest absolute Gasteiger partial charge is 0.407 e. The maximum absolute atomic E-state index is 11.2. The van der Waals surface area contributed by atoms with Crippen molar-refractivity contribution in [1.29, 1.82) is 0 Å². The van der Waals surface area contributed by atoms with Crippen molar-refractivity contribution in [1.82, 2.24) is 24.8 Å². The summed E-state index contributed by atoms with van der Waals surface area (Å²) in [6.45, 7) is 7.83. The normalized spacial score (nSPS) is 18.4. The van der Waals surface area contributed by atoms with Crippen molar-refractivity contribution >= 4 is 6.09 Å². The minimum atomic E-state index is -0.828. The van der Waals surface area contributed by atoms with Gasteiger partial charge in [-0.1, -0.05) is 37.2 Å². The highest BCUT2D eigenvalue weighted by Gasteiger charge is 2.32. The molecule has 0 spiro atoms. The maximum Gasteiger partial charge on any atom is 0.407 e. The van der Waals surface area contributed by atoms with E-state index < -0.39 is 6.09 Å². The van der Waals surface area contributed by atoms with E-state index in [4.69, 9.17) is 14.6 Å². The van der Waals surface area contributed by atoms with Crippen LogP contribution in [0.5, 0.6) is 0 Å². The number of aromatic nitrogens is 4. The average molecular weight is 450 g/mol. The second kappa shape index (κ2) is 8.01. The van der Waals surface area contributed by atoms with E-state index in [0.717, 1.165) is 48.9 Å². The van der Waals surface area contributed by atoms with Crippen molar-refractivity contribution in [2.75, 3.05) is 13.1 Å². The lowest BCUT2D eigenvalue weighted by molar-refractivity contribution is 0.132. The summed E-state index contributed by atoms with van der Waals surface area (Å²) >= 11 is 0. The van der Waals surface area contributed by atoms with Crippen LogP contribution in [0.4, 0.5) is 4.79 Å². The van der Waals surface area contributed by atoms with Gasteiger partial charge in [-0.25, -0.2) is 4.79 Å². The Morgan fingerprint density at radius 3 is 2.70 bits per heavy atom. The highest BCUT2D eigenvalue weighted by atomic mass is 16.5. The molecule has 1 fully saturated rings. The summed E-state index contributed by atoms with van der Waals surface area (Å²) in [6.07, 6.45) is 3.95. The molecule has 3 heterocycles. The monoisotopic (exact) mass is 449 g/mol. The summed E-state index contributed by atoms with van der Waals surface area (Å²) in [5.41, 5.74) is 6.85. The zero-order valence-corrected chi connectivity index (χ0v) is 19.8. The van der Waals surface area contributed by atoms with Crippen LogP contribution in [0.1, 0.15) is 61.4 Å². The largest absolute Gasteiger partial charge is 0.465 e. The van der Waals surface area contributed by atoms with Crippen LogP contribution >= 0.6 is 0 Å². The van der Waals surface area contributed by atoms with E-state index >= 15 is 0 Å². The summed E-state index contributed by atoms with van der Waals surface area (Å²) in [5, 5.41) is 18.2. The molecule has 1 aliphatic carbocycles. The molecule has 1 saturated heterocycles. The van der Waals surface area contributed by atoms with Crippen LogP contribution in [0.3, 0.4) is 0 Å². The Labute approximate surface area is 193 Å². The van der Waals surface area contributed by atoms with E-state index in [2.05, 4.69) is 44.1 Å². The Kier molecular flexibility index (Phi) is 5.26. The van der Waals surface area contributed by atoms with Gasteiger partial charge in [0.2, 0.25) is 5.82 Å². The van der Waals surface area contributed by atoms with E-state index in [-0.39, 0.29) is 5.41 Å². The number of likely N-dealkylation sites (tertiary alicyclic amines) is 1. The Hall–Kier alpha value is -3.16. The van der Waals surface area contributed by atoms with Crippen LogP contribution in [0.15, 0.2) is 22.7 Å². The van der Waals surface area contributed by atoms with Crippen molar-refractivity contribution in [2.24, 2.45) is 12.5 Å². The predicted molar refractivity (Wildman–Crippen MR) is 124 cm³/mol. The van der Waals surface area contributed by atoms with E-state index in [1.807, 2.05) is 11.7 Å². The van der Waals surface area contributed by atoms with Gasteiger partial charge in [0.15, 0.2) is 5.69 Å². The molecule has 0 unspecified atom stereocenters. The van der Waals surface area contributed by atoms with Crippen LogP contribution in [0, 0.1) is 12.3 Å². The molecule has 8 nitrogen and oxygen atoms in total. The van der Waals surface area contributed by atoms with Crippen LogP contribution in [0.25, 0.3) is 23.0 Å². The molecule has 1 amide bonds. The van der Waals surface area contributed by atoms with Crippen molar-refractivity contribution in [3.63, 3.8) is 0 Å². The summed E-state index contributed by atoms with van der Waals surface area (Å²) in [4.78, 5) is 17.4. The highest BCUT2D eigenvalue weighted by molar-refractivity contribution is 5.65. The van der Waals surface area contributed by atoms with Gasteiger partial charge in [-0.05, 0) is 61.5 Å². The van der Waals surface area contributed by atoms with E-state index in [9.17, 15) is 9.90 Å². The summed E-state index contributed by atoms with van der Waals surface area (Å²) in [7, 11) is 1.99. The van der Waals surface area contributed by atoms with Crippen LogP contribution in [0.2, 0.25) is 0 Å². The van der Waals surface area contributed by atoms with Crippen LogP contribution in [-0.4, -0.2) is 49.1 Å². The highest BCUT2D eigenvalue weighted by Crippen LogP contribution is 2.39. The van der Waals surface area contributed by atoms with Crippen LogP contribution in [-0.2, 0) is 19.9 Å². The third-order valence-electron chi connectivity index (χ3n) is 7.33. The molecule has 1 aliphatic heterocycles. The van der Waals surface area contributed by atoms with Crippen molar-refractivity contribution < 1.29 is 14.4 Å². The number of rotatable bonds is 3. The van der Waals surface area contributed by atoms with Gasteiger partial charge < -0.3 is 14.5 Å². The zero-order chi connectivity index (χ0) is 23.3. The number of hydrogen-bond donors (Lipinski definition) is 1. The summed E-state index contributed by atoms with van der Waals surface area (Å²) in [5.74, 6) is 1.43. The lowest BCUT2D eigenvalue weighted by Gasteiger charge is -2.30. The standard InChI is InChI=1S/C25H31N5O3/c1-15-13-17(16-8-11-30(12-9-16)24(31)32)5-6-18(15)22-26-23(33-28-22)21-19-7-10-25(2,3)14-20(19)29(4)27-21/h5-6,13,16H,7-12,14H2,1-4H3,(H,31,32). The van der Waals surface area contributed by atoms with Gasteiger partial charge in [0, 0.05) is 37.0 Å². The molecule has 0 radical (unpaired) electrons. The van der Waals surface area contributed by atoms with Gasteiger partial charge in [-0.2, -0.15) is 10.1 Å². The van der Waals surface area contributed by atoms with Gasteiger partial charge in [0.25, 0.3) is 5.89 Å². The molecule has 174 valence electrons. The second-order valence-corrected chi connectivity index (χ2v) is 10.3. The molecule has 2 aromatic heterocycles. The SMILES string of the molecule is Cc1cc(C2CCN(C(=O)O)CC2)ccc1-c1noc(-c2nn(C)c3c2CCC(C)(C)C3)n1. The van der Waals surface area contributed by atoms with Gasteiger partial charge in [0.1, 0.15) is 0 Å². The minimum Gasteiger partial charge on any atom is -0.465 e. The number of piperidine rings is 1. The van der Waals surface area contributed by atoms with E-state index in [0.29, 0.717) is 30.7 Å². The number of carboxylic acid groups (broad SMARTS) is 1. The molecule has 1 N–H and O–H groups in total. The number of benzene rings is 1. The molecule has 1 aromatic carbocycles. The van der Waals surface area contributed by atoms with Gasteiger partial charge >= 0.3 is 6.09 Å². The van der Waals surface area contributed by atoms with E-state index in [1.165, 1.54) is 21.7 Å². The second-order valence-electron chi connectivity index (χ2n) is 10.3. The molecule has 0 bridgehead atoms. The molecular weight excluding hydrogens is 418 g/mol. The number of fused-ring (bicyclic) bond motifs is 1. The maximum atomic E-state index is 11.2. The molecule has 5 rings (SSSR count). The number of amides is 1. The van der Waals surface area contributed by atoms with Crippen molar-refractivity contribution in [3.8, 4) is 23.0 Å². The lowest BCUT2D eigenvalue weighted by atomic mass is 9.76. The van der Waals surface area contributed by atoms with Gasteiger partial charge in [-0.15, -0.1) is 0 Å². The molecule has 0 atom stereocenters. The first-order chi connectivity index (χ1) is 15.7. The molecule has 33 heavy (non-hydrogen) atoms. The molecule has 0 saturated carbocycles.